The molecule has 0 spiro atoms. The van der Waals surface area contributed by atoms with Gasteiger partial charge in [0.15, 0.2) is 5.96 Å². The van der Waals surface area contributed by atoms with Crippen molar-refractivity contribution in [2.75, 3.05) is 32.6 Å². The average Bonchev–Trinajstić information content (AvgIpc) is 2.82. The molecule has 0 aromatic carbocycles. The summed E-state index contributed by atoms with van der Waals surface area (Å²) in [6.07, 6.45) is 2.82. The number of rotatable bonds is 8. The van der Waals surface area contributed by atoms with E-state index in [9.17, 15) is 0 Å². The number of methoxy groups -OCH3 is 1. The summed E-state index contributed by atoms with van der Waals surface area (Å²) in [4.78, 5) is 8.41. The van der Waals surface area contributed by atoms with Crippen molar-refractivity contribution in [1.82, 2.24) is 10.3 Å². The zero-order chi connectivity index (χ0) is 12.3. The Balaban J connectivity index is 0.00000289. The second-order valence-electron chi connectivity index (χ2n) is 3.19. The maximum absolute atomic E-state index is 5.66. The Labute approximate surface area is 133 Å². The number of thioether (sulfide) groups is 1. The molecule has 1 heterocycles. The van der Waals surface area contributed by atoms with Gasteiger partial charge in [0, 0.05) is 37.5 Å². The number of hydrogen-bond acceptors (Lipinski definition) is 5. The van der Waals surface area contributed by atoms with Gasteiger partial charge in [-0.05, 0) is 6.42 Å². The normalized spacial score (nSPS) is 11.1. The lowest BCUT2D eigenvalue weighted by Gasteiger charge is -2.04. The summed E-state index contributed by atoms with van der Waals surface area (Å²) < 4.78 is 6.01. The van der Waals surface area contributed by atoms with Crippen molar-refractivity contribution in [3.63, 3.8) is 0 Å². The van der Waals surface area contributed by atoms with Crippen LogP contribution in [0.5, 0.6) is 0 Å². The van der Waals surface area contributed by atoms with Gasteiger partial charge in [0.1, 0.15) is 4.34 Å². The minimum absolute atomic E-state index is 0. The van der Waals surface area contributed by atoms with Crippen molar-refractivity contribution < 1.29 is 4.74 Å². The van der Waals surface area contributed by atoms with Crippen molar-refractivity contribution in [3.8, 4) is 0 Å². The molecule has 5 nitrogen and oxygen atoms in total. The first-order valence-corrected chi connectivity index (χ1v) is 7.24. The van der Waals surface area contributed by atoms with Gasteiger partial charge in [0.25, 0.3) is 0 Å². The van der Waals surface area contributed by atoms with E-state index < -0.39 is 0 Å². The second kappa shape index (κ2) is 12.0. The summed E-state index contributed by atoms with van der Waals surface area (Å²) in [6, 6.07) is 0. The van der Waals surface area contributed by atoms with Gasteiger partial charge in [-0.1, -0.05) is 11.8 Å². The SMILES string of the molecule is COCCNC(N)=NCCCSc1nccs1.I. The fourth-order valence-corrected chi connectivity index (χ4v) is 2.67. The number of aliphatic imine (C=N–C) groups is 1. The molecule has 1 rings (SSSR count). The van der Waals surface area contributed by atoms with Crippen molar-refractivity contribution >= 4 is 53.0 Å². The standard InChI is InChI=1S/C10H18N4OS2.HI/c1-15-6-4-13-9(11)12-3-2-7-16-10-14-5-8-17-10;/h5,8H,2-4,6-7H2,1H3,(H3,11,12,13);1H. The highest BCUT2D eigenvalue weighted by atomic mass is 127. The Morgan fingerprint density at radius 3 is 3.17 bits per heavy atom. The second-order valence-corrected chi connectivity index (χ2v) is 5.42. The molecule has 18 heavy (non-hydrogen) atoms. The van der Waals surface area contributed by atoms with E-state index in [0.717, 1.165) is 23.1 Å². The maximum Gasteiger partial charge on any atom is 0.188 e. The molecule has 0 fully saturated rings. The number of thiazole rings is 1. The highest BCUT2D eigenvalue weighted by Crippen LogP contribution is 2.20. The van der Waals surface area contributed by atoms with Gasteiger partial charge in [-0.25, -0.2) is 4.98 Å². The van der Waals surface area contributed by atoms with Gasteiger partial charge in [-0.15, -0.1) is 35.3 Å². The van der Waals surface area contributed by atoms with Crippen LogP contribution in [-0.4, -0.2) is 43.5 Å². The van der Waals surface area contributed by atoms with Gasteiger partial charge >= 0.3 is 0 Å². The highest BCUT2D eigenvalue weighted by molar-refractivity contribution is 14.0. The Kier molecular flexibility index (Phi) is 12.0. The lowest BCUT2D eigenvalue weighted by Crippen LogP contribution is -2.34. The van der Waals surface area contributed by atoms with Crippen LogP contribution in [0.25, 0.3) is 0 Å². The molecule has 0 aliphatic heterocycles. The van der Waals surface area contributed by atoms with Crippen LogP contribution in [0.15, 0.2) is 20.9 Å². The monoisotopic (exact) mass is 402 g/mol. The number of nitrogens with zero attached hydrogens (tertiary/aromatic N) is 2. The highest BCUT2D eigenvalue weighted by Gasteiger charge is 1.96. The van der Waals surface area contributed by atoms with E-state index in [2.05, 4.69) is 15.3 Å². The predicted octanol–water partition coefficient (Wildman–Crippen LogP) is 1.79. The van der Waals surface area contributed by atoms with Gasteiger partial charge < -0.3 is 15.8 Å². The number of aromatic nitrogens is 1. The Morgan fingerprint density at radius 1 is 1.67 bits per heavy atom. The maximum atomic E-state index is 5.66. The van der Waals surface area contributed by atoms with Crippen LogP contribution >= 0.6 is 47.1 Å². The fraction of sp³-hybridized carbons (Fsp3) is 0.600. The third-order valence-electron chi connectivity index (χ3n) is 1.83. The molecule has 0 saturated heterocycles. The summed E-state index contributed by atoms with van der Waals surface area (Å²) in [7, 11) is 1.66. The molecular formula is C10H19IN4OS2. The van der Waals surface area contributed by atoms with Crippen LogP contribution in [0.3, 0.4) is 0 Å². The lowest BCUT2D eigenvalue weighted by molar-refractivity contribution is 0.204. The number of ether oxygens (including phenoxy) is 1. The molecule has 0 saturated carbocycles. The summed E-state index contributed by atoms with van der Waals surface area (Å²) in [5, 5.41) is 4.96. The summed E-state index contributed by atoms with van der Waals surface area (Å²) >= 11 is 3.42. The van der Waals surface area contributed by atoms with E-state index in [1.165, 1.54) is 0 Å². The number of hydrogen-bond donors (Lipinski definition) is 2. The van der Waals surface area contributed by atoms with E-state index in [1.807, 2.05) is 11.6 Å². The van der Waals surface area contributed by atoms with E-state index in [1.54, 1.807) is 30.2 Å². The summed E-state index contributed by atoms with van der Waals surface area (Å²) in [5.74, 6) is 1.50. The molecule has 0 unspecified atom stereocenters. The summed E-state index contributed by atoms with van der Waals surface area (Å²) in [5.41, 5.74) is 5.66. The van der Waals surface area contributed by atoms with Crippen LogP contribution in [0, 0.1) is 0 Å². The number of halogens is 1. The zero-order valence-electron chi connectivity index (χ0n) is 10.3. The number of nitrogens with one attached hydrogen (secondary N) is 1. The minimum Gasteiger partial charge on any atom is -0.383 e. The molecule has 0 bridgehead atoms. The Bertz CT molecular complexity index is 322. The zero-order valence-corrected chi connectivity index (χ0v) is 14.3. The van der Waals surface area contributed by atoms with E-state index in [4.69, 9.17) is 10.5 Å². The molecule has 0 amide bonds. The first-order chi connectivity index (χ1) is 8.33. The van der Waals surface area contributed by atoms with Crippen molar-refractivity contribution in [2.45, 2.75) is 10.8 Å². The Hall–Kier alpha value is -0.0600. The lowest BCUT2D eigenvalue weighted by atomic mass is 10.5. The smallest absolute Gasteiger partial charge is 0.188 e. The van der Waals surface area contributed by atoms with Gasteiger partial charge in [-0.3, -0.25) is 4.99 Å². The largest absolute Gasteiger partial charge is 0.383 e. The van der Waals surface area contributed by atoms with Gasteiger partial charge in [0.05, 0.1) is 6.61 Å². The fourth-order valence-electron chi connectivity index (χ4n) is 1.04. The molecule has 104 valence electrons. The number of guanidine groups is 1. The third-order valence-corrected chi connectivity index (χ3v) is 3.88. The van der Waals surface area contributed by atoms with Crippen molar-refractivity contribution in [3.05, 3.63) is 11.6 Å². The molecule has 8 heteroatoms. The van der Waals surface area contributed by atoms with E-state index >= 15 is 0 Å². The Morgan fingerprint density at radius 2 is 2.50 bits per heavy atom. The van der Waals surface area contributed by atoms with E-state index in [-0.39, 0.29) is 24.0 Å². The van der Waals surface area contributed by atoms with Crippen molar-refractivity contribution in [2.24, 2.45) is 10.7 Å². The predicted molar refractivity (Wildman–Crippen MR) is 89.2 cm³/mol. The summed E-state index contributed by atoms with van der Waals surface area (Å²) in [6.45, 7) is 2.07. The topological polar surface area (TPSA) is 72.5 Å². The van der Waals surface area contributed by atoms with Crippen LogP contribution in [0.2, 0.25) is 0 Å². The average molecular weight is 402 g/mol. The molecule has 0 radical (unpaired) electrons. The van der Waals surface area contributed by atoms with Gasteiger partial charge in [-0.2, -0.15) is 0 Å². The molecular weight excluding hydrogens is 383 g/mol. The third kappa shape index (κ3) is 8.95. The molecule has 3 N–H and O–H groups in total. The first kappa shape index (κ1) is 17.9. The van der Waals surface area contributed by atoms with Crippen molar-refractivity contribution in [1.29, 1.82) is 0 Å². The first-order valence-electron chi connectivity index (χ1n) is 5.38. The van der Waals surface area contributed by atoms with Crippen LogP contribution in [-0.2, 0) is 4.74 Å². The minimum atomic E-state index is 0. The molecule has 0 atom stereocenters. The molecule has 0 aliphatic carbocycles. The van der Waals surface area contributed by atoms with Crippen LogP contribution in [0.1, 0.15) is 6.42 Å². The van der Waals surface area contributed by atoms with Gasteiger partial charge in [0.2, 0.25) is 0 Å². The molecule has 0 aliphatic rings. The van der Waals surface area contributed by atoms with E-state index in [0.29, 0.717) is 19.1 Å². The quantitative estimate of drug-likeness (QED) is 0.228. The van der Waals surface area contributed by atoms with Crippen LogP contribution < -0.4 is 11.1 Å². The molecule has 1 aromatic rings. The number of nitrogens with two attached hydrogens (primary N) is 1. The molecule has 1 aromatic heterocycles. The van der Waals surface area contributed by atoms with Crippen LogP contribution in [0.4, 0.5) is 0 Å².